The predicted octanol–water partition coefficient (Wildman–Crippen LogP) is 0.340. The molecule has 1 aliphatic heterocycles. The average molecular weight is 172 g/mol. The van der Waals surface area contributed by atoms with Crippen molar-refractivity contribution in [2.45, 2.75) is 19.4 Å². The molecule has 2 N–H and O–H groups in total. The number of hydrogen-bond donors (Lipinski definition) is 2. The van der Waals surface area contributed by atoms with E-state index in [4.69, 9.17) is 0 Å². The van der Waals surface area contributed by atoms with E-state index in [1.54, 1.807) is 0 Å². The molecule has 0 aromatic carbocycles. The van der Waals surface area contributed by atoms with Crippen LogP contribution in [0.5, 0.6) is 0 Å². The Labute approximate surface area is 72.7 Å². The van der Waals surface area contributed by atoms with Crippen molar-refractivity contribution >= 4 is 6.09 Å². The lowest BCUT2D eigenvalue weighted by atomic mass is 9.95. The van der Waals surface area contributed by atoms with Crippen molar-refractivity contribution in [1.82, 2.24) is 10.6 Å². The third kappa shape index (κ3) is 2.37. The molecule has 0 radical (unpaired) electrons. The van der Waals surface area contributed by atoms with Crippen molar-refractivity contribution in [2.24, 2.45) is 5.92 Å². The molecule has 1 aliphatic rings. The smallest absolute Gasteiger partial charge is 0.407 e. The van der Waals surface area contributed by atoms with Crippen molar-refractivity contribution in [2.75, 3.05) is 20.2 Å². The van der Waals surface area contributed by atoms with Crippen LogP contribution in [0, 0.1) is 5.92 Å². The molecule has 4 heteroatoms. The molecule has 0 aliphatic carbocycles. The van der Waals surface area contributed by atoms with E-state index < -0.39 is 0 Å². The number of amides is 1. The van der Waals surface area contributed by atoms with Crippen LogP contribution in [0.1, 0.15) is 13.3 Å². The van der Waals surface area contributed by atoms with Crippen LogP contribution >= 0.6 is 0 Å². The summed E-state index contributed by atoms with van der Waals surface area (Å²) >= 11 is 0. The number of rotatable bonds is 1. The Bertz CT molecular complexity index is 161. The molecule has 4 nitrogen and oxygen atoms in total. The van der Waals surface area contributed by atoms with Crippen LogP contribution in [0.25, 0.3) is 0 Å². The van der Waals surface area contributed by atoms with Crippen LogP contribution in [-0.4, -0.2) is 32.3 Å². The van der Waals surface area contributed by atoms with Gasteiger partial charge >= 0.3 is 6.09 Å². The average Bonchev–Trinajstić information content (AvgIpc) is 2.09. The number of piperidine rings is 1. The number of nitrogens with one attached hydrogen (secondary N) is 2. The lowest BCUT2D eigenvalue weighted by molar-refractivity contribution is 0.158. The predicted molar refractivity (Wildman–Crippen MR) is 46.0 cm³/mol. The fourth-order valence-electron chi connectivity index (χ4n) is 1.39. The van der Waals surface area contributed by atoms with Crippen molar-refractivity contribution < 1.29 is 9.53 Å². The summed E-state index contributed by atoms with van der Waals surface area (Å²) in [6.45, 7) is 4.03. The molecular weight excluding hydrogens is 156 g/mol. The maximum Gasteiger partial charge on any atom is 0.407 e. The summed E-state index contributed by atoms with van der Waals surface area (Å²) in [5, 5.41) is 6.02. The first-order chi connectivity index (χ1) is 5.74. The number of methoxy groups -OCH3 is 1. The molecular formula is C8H16N2O2. The molecule has 1 heterocycles. The quantitative estimate of drug-likeness (QED) is 0.599. The molecule has 70 valence electrons. The van der Waals surface area contributed by atoms with Gasteiger partial charge in [0.25, 0.3) is 0 Å². The van der Waals surface area contributed by atoms with Gasteiger partial charge in [-0.3, -0.25) is 0 Å². The van der Waals surface area contributed by atoms with Crippen LogP contribution in [0.4, 0.5) is 4.79 Å². The summed E-state index contributed by atoms with van der Waals surface area (Å²) in [5.74, 6) is 0.533. The normalized spacial score (nSPS) is 29.5. The highest BCUT2D eigenvalue weighted by Crippen LogP contribution is 2.10. The first-order valence-corrected chi connectivity index (χ1v) is 4.29. The van der Waals surface area contributed by atoms with Gasteiger partial charge < -0.3 is 15.4 Å². The molecule has 0 spiro atoms. The Balaban J connectivity index is 2.33. The van der Waals surface area contributed by atoms with Gasteiger partial charge in [-0.25, -0.2) is 4.79 Å². The zero-order valence-corrected chi connectivity index (χ0v) is 7.59. The summed E-state index contributed by atoms with van der Waals surface area (Å²) in [7, 11) is 1.39. The van der Waals surface area contributed by atoms with Gasteiger partial charge in [0, 0.05) is 12.6 Å². The second-order valence-corrected chi connectivity index (χ2v) is 3.21. The maximum atomic E-state index is 10.9. The molecule has 0 bridgehead atoms. The van der Waals surface area contributed by atoms with Crippen LogP contribution < -0.4 is 10.6 Å². The number of carbonyl (C=O) groups is 1. The Morgan fingerprint density at radius 2 is 2.42 bits per heavy atom. The van der Waals surface area contributed by atoms with Gasteiger partial charge in [0.2, 0.25) is 0 Å². The van der Waals surface area contributed by atoms with Gasteiger partial charge in [-0.1, -0.05) is 6.92 Å². The molecule has 1 saturated heterocycles. The molecule has 1 amide bonds. The lowest BCUT2D eigenvalue weighted by Crippen LogP contribution is -2.50. The van der Waals surface area contributed by atoms with Gasteiger partial charge in [-0.15, -0.1) is 0 Å². The van der Waals surface area contributed by atoms with E-state index in [0.29, 0.717) is 5.92 Å². The summed E-state index contributed by atoms with van der Waals surface area (Å²) < 4.78 is 4.52. The monoisotopic (exact) mass is 172 g/mol. The number of alkyl carbamates (subject to hydrolysis) is 1. The van der Waals surface area contributed by atoms with Crippen molar-refractivity contribution in [3.8, 4) is 0 Å². The minimum Gasteiger partial charge on any atom is -0.453 e. The van der Waals surface area contributed by atoms with E-state index in [9.17, 15) is 4.79 Å². The molecule has 2 atom stereocenters. The topological polar surface area (TPSA) is 50.4 Å². The maximum absolute atomic E-state index is 10.9. The fourth-order valence-corrected chi connectivity index (χ4v) is 1.39. The standard InChI is InChI=1S/C8H16N2O2/c1-6-3-4-9-5-7(6)10-8(11)12-2/h6-7,9H,3-5H2,1-2H3,(H,10,11)/t6-,7?/m1/s1. The third-order valence-corrected chi connectivity index (χ3v) is 2.32. The van der Waals surface area contributed by atoms with E-state index >= 15 is 0 Å². The van der Waals surface area contributed by atoms with Gasteiger partial charge in [-0.2, -0.15) is 0 Å². The molecule has 1 unspecified atom stereocenters. The fraction of sp³-hybridized carbons (Fsp3) is 0.875. The summed E-state index contributed by atoms with van der Waals surface area (Å²) in [5.41, 5.74) is 0. The zero-order valence-electron chi connectivity index (χ0n) is 7.59. The molecule has 1 fully saturated rings. The highest BCUT2D eigenvalue weighted by Gasteiger charge is 2.22. The van der Waals surface area contributed by atoms with Gasteiger partial charge in [0.05, 0.1) is 7.11 Å². The molecule has 12 heavy (non-hydrogen) atoms. The molecule has 0 saturated carbocycles. The lowest BCUT2D eigenvalue weighted by Gasteiger charge is -2.29. The van der Waals surface area contributed by atoms with Crippen LogP contribution in [0.15, 0.2) is 0 Å². The van der Waals surface area contributed by atoms with Gasteiger partial charge in [-0.05, 0) is 18.9 Å². The third-order valence-electron chi connectivity index (χ3n) is 2.32. The number of ether oxygens (including phenoxy) is 1. The van der Waals surface area contributed by atoms with Crippen LogP contribution in [0.2, 0.25) is 0 Å². The highest BCUT2D eigenvalue weighted by atomic mass is 16.5. The first-order valence-electron chi connectivity index (χ1n) is 4.29. The van der Waals surface area contributed by atoms with E-state index in [1.807, 2.05) is 0 Å². The van der Waals surface area contributed by atoms with Crippen molar-refractivity contribution in [3.05, 3.63) is 0 Å². The summed E-state index contributed by atoms with van der Waals surface area (Å²) in [6.07, 6.45) is 0.768. The summed E-state index contributed by atoms with van der Waals surface area (Å²) in [6, 6.07) is 0.214. The van der Waals surface area contributed by atoms with Crippen molar-refractivity contribution in [1.29, 1.82) is 0 Å². The molecule has 0 aromatic rings. The second kappa shape index (κ2) is 4.30. The Morgan fingerprint density at radius 1 is 1.67 bits per heavy atom. The Morgan fingerprint density at radius 3 is 3.00 bits per heavy atom. The molecule has 1 rings (SSSR count). The second-order valence-electron chi connectivity index (χ2n) is 3.21. The highest BCUT2D eigenvalue weighted by molar-refractivity contribution is 5.67. The van der Waals surface area contributed by atoms with Gasteiger partial charge in [0.15, 0.2) is 0 Å². The largest absolute Gasteiger partial charge is 0.453 e. The van der Waals surface area contributed by atoms with E-state index in [2.05, 4.69) is 22.3 Å². The SMILES string of the molecule is COC(=O)NC1CNCC[C@H]1C. The minimum absolute atomic E-state index is 0.214. The first kappa shape index (κ1) is 9.32. The van der Waals surface area contributed by atoms with E-state index in [-0.39, 0.29) is 12.1 Å². The van der Waals surface area contributed by atoms with Crippen LogP contribution in [0.3, 0.4) is 0 Å². The van der Waals surface area contributed by atoms with Crippen molar-refractivity contribution in [3.63, 3.8) is 0 Å². The van der Waals surface area contributed by atoms with E-state index in [0.717, 1.165) is 19.5 Å². The minimum atomic E-state index is -0.337. The zero-order chi connectivity index (χ0) is 8.97. The van der Waals surface area contributed by atoms with Gasteiger partial charge in [0.1, 0.15) is 0 Å². The Kier molecular flexibility index (Phi) is 3.34. The number of hydrogen-bond acceptors (Lipinski definition) is 3. The Hall–Kier alpha value is -0.770. The molecule has 0 aromatic heterocycles. The van der Waals surface area contributed by atoms with Crippen LogP contribution in [-0.2, 0) is 4.74 Å². The number of carbonyl (C=O) groups excluding carboxylic acids is 1. The summed E-state index contributed by atoms with van der Waals surface area (Å²) in [4.78, 5) is 10.9. The van der Waals surface area contributed by atoms with E-state index in [1.165, 1.54) is 7.11 Å².